The molecule has 2 atom stereocenters. The number of benzene rings is 2. The van der Waals surface area contributed by atoms with E-state index >= 15 is 4.79 Å². The number of aromatic nitrogens is 2. The van der Waals surface area contributed by atoms with Crippen LogP contribution in [0, 0.1) is 5.92 Å². The fourth-order valence-corrected chi connectivity index (χ4v) is 7.47. The summed E-state index contributed by atoms with van der Waals surface area (Å²) in [5.41, 5.74) is 0.206. The lowest BCUT2D eigenvalue weighted by Crippen LogP contribution is -2.59. The smallest absolute Gasteiger partial charge is 0.326 e. The quantitative estimate of drug-likeness (QED) is 0.209. The van der Waals surface area contributed by atoms with Gasteiger partial charge in [-0.2, -0.15) is 16.7 Å². The average molecular weight is 697 g/mol. The van der Waals surface area contributed by atoms with Gasteiger partial charge in [0.25, 0.3) is 0 Å². The van der Waals surface area contributed by atoms with Crippen LogP contribution in [0.2, 0.25) is 10.0 Å². The molecule has 2 aliphatic rings. The summed E-state index contributed by atoms with van der Waals surface area (Å²) in [6.07, 6.45) is 8.31. The third-order valence-corrected chi connectivity index (χ3v) is 10.9. The Morgan fingerprint density at radius 3 is 2.15 bits per heavy atom. The van der Waals surface area contributed by atoms with Gasteiger partial charge in [-0.25, -0.2) is 9.78 Å². The molecule has 5 rings (SSSR count). The van der Waals surface area contributed by atoms with Crippen LogP contribution in [0.25, 0.3) is 0 Å². The van der Waals surface area contributed by atoms with E-state index in [0.717, 1.165) is 24.0 Å². The van der Waals surface area contributed by atoms with Crippen LogP contribution < -0.4 is 4.74 Å². The van der Waals surface area contributed by atoms with E-state index in [1.807, 2.05) is 77.0 Å². The van der Waals surface area contributed by atoms with Crippen molar-refractivity contribution >= 4 is 46.8 Å². The number of carbonyl (C=O) groups excluding carboxylic acids is 1. The van der Waals surface area contributed by atoms with Crippen LogP contribution in [0.4, 0.5) is 4.79 Å². The molecule has 3 heterocycles. The lowest BCUT2D eigenvalue weighted by atomic mass is 9.71. The molecule has 252 valence electrons. The predicted molar refractivity (Wildman–Crippen MR) is 195 cm³/mol. The first-order chi connectivity index (χ1) is 22.3. The Bertz CT molecular complexity index is 1590. The second kappa shape index (κ2) is 14.4. The van der Waals surface area contributed by atoms with Crippen LogP contribution in [0.1, 0.15) is 89.7 Å². The number of likely N-dealkylation sites (tertiary alicyclic amines) is 1. The number of rotatable bonds is 9. The fraction of sp³-hybridized carbons (Fsp3) is 0.514. The highest BCUT2D eigenvalue weighted by Crippen LogP contribution is 2.54. The molecule has 10 heteroatoms. The summed E-state index contributed by atoms with van der Waals surface area (Å²) in [6, 6.07) is 15.4. The van der Waals surface area contributed by atoms with E-state index in [-0.39, 0.29) is 11.4 Å². The van der Waals surface area contributed by atoms with Crippen LogP contribution in [0.5, 0.6) is 5.88 Å². The highest BCUT2D eigenvalue weighted by Gasteiger charge is 2.60. The maximum Gasteiger partial charge on any atom is 0.326 e. The molecule has 0 aliphatic carbocycles. The summed E-state index contributed by atoms with van der Waals surface area (Å²) in [5.74, 6) is 3.35. The Balaban J connectivity index is 1.69. The van der Waals surface area contributed by atoms with E-state index in [1.54, 1.807) is 6.20 Å². The van der Waals surface area contributed by atoms with Gasteiger partial charge in [0.05, 0.1) is 12.2 Å². The normalized spacial score (nSPS) is 22.0. The fourth-order valence-electron chi connectivity index (χ4n) is 6.77. The van der Waals surface area contributed by atoms with Crippen molar-refractivity contribution in [2.75, 3.05) is 31.7 Å². The Morgan fingerprint density at radius 2 is 1.60 bits per heavy atom. The minimum Gasteiger partial charge on any atom is -0.477 e. The Hall–Kier alpha value is -2.81. The van der Waals surface area contributed by atoms with Crippen molar-refractivity contribution in [1.29, 1.82) is 0 Å². The topological polar surface area (TPSA) is 70.9 Å². The van der Waals surface area contributed by atoms with E-state index in [0.29, 0.717) is 58.8 Å². The first kappa shape index (κ1) is 35.5. The molecule has 0 saturated carbocycles. The van der Waals surface area contributed by atoms with Gasteiger partial charge in [-0.3, -0.25) is 9.89 Å². The molecule has 0 unspecified atom stereocenters. The summed E-state index contributed by atoms with van der Waals surface area (Å²) < 4.78 is 6.18. The molecular weight excluding hydrogens is 649 g/mol. The number of ether oxygens (including phenoxy) is 1. The monoisotopic (exact) mass is 695 g/mol. The van der Waals surface area contributed by atoms with E-state index in [9.17, 15) is 0 Å². The number of urea groups is 1. The van der Waals surface area contributed by atoms with Crippen LogP contribution in [-0.4, -0.2) is 63.3 Å². The van der Waals surface area contributed by atoms with Gasteiger partial charge in [-0.15, -0.1) is 0 Å². The molecule has 1 fully saturated rings. The largest absolute Gasteiger partial charge is 0.477 e. The molecule has 0 bridgehead atoms. The number of piperidine rings is 1. The maximum atomic E-state index is 15.1. The van der Waals surface area contributed by atoms with Crippen molar-refractivity contribution in [1.82, 2.24) is 19.8 Å². The summed E-state index contributed by atoms with van der Waals surface area (Å²) in [6.45, 7) is 14.1. The molecular formula is C37H47Cl2N5O2S. The van der Waals surface area contributed by atoms with Crippen LogP contribution in [0.15, 0.2) is 59.7 Å². The van der Waals surface area contributed by atoms with E-state index in [1.165, 1.54) is 18.6 Å². The van der Waals surface area contributed by atoms with Crippen molar-refractivity contribution in [3.63, 3.8) is 0 Å². The summed E-state index contributed by atoms with van der Waals surface area (Å²) in [7, 11) is 0. The molecule has 3 aromatic rings. The molecule has 47 heavy (non-hydrogen) atoms. The number of aliphatic imine (C=N–C) groups is 1. The number of hydrogen-bond donors (Lipinski definition) is 0. The lowest BCUT2D eigenvalue weighted by Gasteiger charge is -2.47. The van der Waals surface area contributed by atoms with E-state index in [4.69, 9.17) is 42.9 Å². The summed E-state index contributed by atoms with van der Waals surface area (Å²) in [4.78, 5) is 34.2. The minimum absolute atomic E-state index is 0.0937. The first-order valence-corrected chi connectivity index (χ1v) is 18.7. The molecule has 0 N–H and O–H groups in total. The van der Waals surface area contributed by atoms with Gasteiger partial charge in [0.15, 0.2) is 0 Å². The van der Waals surface area contributed by atoms with Crippen molar-refractivity contribution in [2.24, 2.45) is 10.9 Å². The first-order valence-electron chi connectivity index (χ1n) is 16.5. The average Bonchev–Trinajstić information content (AvgIpc) is 3.29. The van der Waals surface area contributed by atoms with Gasteiger partial charge in [0.1, 0.15) is 22.7 Å². The van der Waals surface area contributed by atoms with Crippen molar-refractivity contribution < 1.29 is 9.53 Å². The Morgan fingerprint density at radius 1 is 1.00 bits per heavy atom. The zero-order valence-electron chi connectivity index (χ0n) is 28.6. The van der Waals surface area contributed by atoms with Gasteiger partial charge in [0.2, 0.25) is 5.88 Å². The van der Waals surface area contributed by atoms with Gasteiger partial charge >= 0.3 is 6.03 Å². The third kappa shape index (κ3) is 7.02. The molecule has 2 aromatic carbocycles. The van der Waals surface area contributed by atoms with Crippen LogP contribution in [-0.2, 0) is 16.5 Å². The van der Waals surface area contributed by atoms with Gasteiger partial charge in [0, 0.05) is 34.7 Å². The lowest BCUT2D eigenvalue weighted by molar-refractivity contribution is 0.0959. The van der Waals surface area contributed by atoms with Gasteiger partial charge in [-0.05, 0) is 99.8 Å². The van der Waals surface area contributed by atoms with Gasteiger partial charge < -0.3 is 9.64 Å². The highest BCUT2D eigenvalue weighted by atomic mass is 35.5. The van der Waals surface area contributed by atoms with Crippen molar-refractivity contribution in [3.05, 3.63) is 87.3 Å². The number of carbonyl (C=O) groups is 1. The summed E-state index contributed by atoms with van der Waals surface area (Å²) >= 11 is 14.7. The SMILES string of the molecule is CCOc1nc(C(C)(C)C)ncc1C1=N[C@@](C)(c2ccc(Cl)cc2)[C@@](C)(c2ccc(Cl)cc2)N1C(=O)N1CCC(CCCSC)CC1. The Kier molecular flexibility index (Phi) is 10.8. The number of amidine groups is 1. The molecule has 7 nitrogen and oxygen atoms in total. The second-order valence-electron chi connectivity index (χ2n) is 13.9. The van der Waals surface area contributed by atoms with E-state index in [2.05, 4.69) is 40.9 Å². The van der Waals surface area contributed by atoms with Crippen LogP contribution >= 0.6 is 35.0 Å². The number of thioether (sulfide) groups is 1. The number of nitrogens with zero attached hydrogens (tertiary/aromatic N) is 5. The zero-order chi connectivity index (χ0) is 34.0. The van der Waals surface area contributed by atoms with Gasteiger partial charge in [-0.1, -0.05) is 68.2 Å². The van der Waals surface area contributed by atoms with E-state index < -0.39 is 11.1 Å². The molecule has 1 aromatic heterocycles. The predicted octanol–water partition coefficient (Wildman–Crippen LogP) is 9.35. The second-order valence-corrected chi connectivity index (χ2v) is 15.7. The highest BCUT2D eigenvalue weighted by molar-refractivity contribution is 7.98. The van der Waals surface area contributed by atoms with Crippen molar-refractivity contribution in [2.45, 2.75) is 83.7 Å². The maximum absolute atomic E-state index is 15.1. The third-order valence-electron chi connectivity index (χ3n) is 9.73. The Labute approximate surface area is 294 Å². The summed E-state index contributed by atoms with van der Waals surface area (Å²) in [5, 5.41) is 1.25. The standard InChI is InChI=1S/C37H47Cl2N5O2S/c1-8-46-32-30(24-40-33(41-32)35(2,3)4)31-42-36(5,26-11-15-28(38)16-12-26)37(6,27-13-17-29(39)18-14-27)44(31)34(45)43-21-19-25(20-22-43)10-9-23-47-7/h11-18,24-25H,8-10,19-23H2,1-7H3/t36-,37+/m0/s1. The van der Waals surface area contributed by atoms with Crippen LogP contribution in [0.3, 0.4) is 0 Å². The number of amides is 2. The molecule has 2 amide bonds. The molecule has 1 saturated heterocycles. The zero-order valence-corrected chi connectivity index (χ0v) is 31.0. The molecule has 0 spiro atoms. The number of halogens is 2. The number of hydrogen-bond acceptors (Lipinski definition) is 6. The molecule has 0 radical (unpaired) electrons. The minimum atomic E-state index is -0.973. The molecule has 2 aliphatic heterocycles. The van der Waals surface area contributed by atoms with Crippen molar-refractivity contribution in [3.8, 4) is 5.88 Å².